The van der Waals surface area contributed by atoms with Crippen molar-refractivity contribution in [3.8, 4) is 0 Å². The normalized spacial score (nSPS) is 12.9. The first-order valence-corrected chi connectivity index (χ1v) is 7.42. The van der Waals surface area contributed by atoms with E-state index in [1.807, 2.05) is 0 Å². The molecule has 2 nitrogen and oxygen atoms in total. The van der Waals surface area contributed by atoms with E-state index >= 15 is 0 Å². The highest BCUT2D eigenvalue weighted by molar-refractivity contribution is 5.32. The lowest BCUT2D eigenvalue weighted by atomic mass is 9.99. The van der Waals surface area contributed by atoms with E-state index in [2.05, 4.69) is 58.1 Å². The van der Waals surface area contributed by atoms with Crippen molar-refractivity contribution in [2.75, 3.05) is 19.8 Å². The lowest BCUT2D eigenvalue weighted by Gasteiger charge is -2.21. The topological polar surface area (TPSA) is 21.3 Å². The fraction of sp³-hybridized carbons (Fsp3) is 0.647. The third-order valence-corrected chi connectivity index (χ3v) is 3.38. The van der Waals surface area contributed by atoms with Crippen LogP contribution in [0, 0.1) is 19.8 Å². The molecule has 0 spiro atoms. The fourth-order valence-corrected chi connectivity index (χ4v) is 2.24. The molecule has 1 atom stereocenters. The highest BCUT2D eigenvalue weighted by Gasteiger charge is 2.13. The van der Waals surface area contributed by atoms with E-state index in [4.69, 9.17) is 4.74 Å². The predicted molar refractivity (Wildman–Crippen MR) is 82.6 cm³/mol. The van der Waals surface area contributed by atoms with Crippen molar-refractivity contribution in [3.05, 3.63) is 34.9 Å². The minimum Gasteiger partial charge on any atom is -0.379 e. The van der Waals surface area contributed by atoms with Gasteiger partial charge in [0.2, 0.25) is 0 Å². The van der Waals surface area contributed by atoms with Crippen LogP contribution in [0.25, 0.3) is 0 Å². The second-order valence-corrected chi connectivity index (χ2v) is 5.73. The Morgan fingerprint density at radius 3 is 2.53 bits per heavy atom. The van der Waals surface area contributed by atoms with Crippen LogP contribution in [-0.4, -0.2) is 19.8 Å². The van der Waals surface area contributed by atoms with Crippen LogP contribution in [0.5, 0.6) is 0 Å². The third-order valence-electron chi connectivity index (χ3n) is 3.38. The van der Waals surface area contributed by atoms with Gasteiger partial charge in [0.15, 0.2) is 0 Å². The molecule has 1 unspecified atom stereocenters. The summed E-state index contributed by atoms with van der Waals surface area (Å²) in [5.74, 6) is 0.707. The van der Waals surface area contributed by atoms with E-state index in [0.717, 1.165) is 26.2 Å². The van der Waals surface area contributed by atoms with Crippen molar-refractivity contribution in [1.82, 2.24) is 5.32 Å². The summed E-state index contributed by atoms with van der Waals surface area (Å²) >= 11 is 0. The van der Waals surface area contributed by atoms with Gasteiger partial charge in [-0.15, -0.1) is 0 Å². The van der Waals surface area contributed by atoms with Gasteiger partial charge in [0.1, 0.15) is 0 Å². The van der Waals surface area contributed by atoms with Crippen molar-refractivity contribution < 1.29 is 4.74 Å². The Balaban J connectivity index is 2.60. The Kier molecular flexibility index (Phi) is 7.11. The highest BCUT2D eigenvalue weighted by Crippen LogP contribution is 2.19. The molecule has 1 rings (SSSR count). The van der Waals surface area contributed by atoms with Crippen molar-refractivity contribution in [1.29, 1.82) is 0 Å². The van der Waals surface area contributed by atoms with Crippen molar-refractivity contribution in [2.24, 2.45) is 5.92 Å². The summed E-state index contributed by atoms with van der Waals surface area (Å²) in [5.41, 5.74) is 4.02. The van der Waals surface area contributed by atoms with E-state index < -0.39 is 0 Å². The fourth-order valence-electron chi connectivity index (χ4n) is 2.24. The predicted octanol–water partition coefficient (Wildman–Crippen LogP) is 4.02. The van der Waals surface area contributed by atoms with Gasteiger partial charge >= 0.3 is 0 Å². The number of hydrogen-bond acceptors (Lipinski definition) is 2. The summed E-state index contributed by atoms with van der Waals surface area (Å²) in [5, 5.41) is 3.52. The van der Waals surface area contributed by atoms with Gasteiger partial charge in [-0.2, -0.15) is 0 Å². The quantitative estimate of drug-likeness (QED) is 0.715. The minimum absolute atomic E-state index is 0.303. The van der Waals surface area contributed by atoms with Gasteiger partial charge < -0.3 is 10.1 Å². The Labute approximate surface area is 118 Å². The van der Waals surface area contributed by atoms with E-state index in [1.165, 1.54) is 16.7 Å². The van der Waals surface area contributed by atoms with Gasteiger partial charge in [-0.05, 0) is 43.9 Å². The SMILES string of the molecule is CCNC(COCCC(C)C)c1ccc(C)cc1C. The van der Waals surface area contributed by atoms with Crippen molar-refractivity contribution in [3.63, 3.8) is 0 Å². The molecule has 1 aromatic rings. The zero-order chi connectivity index (χ0) is 14.3. The Bertz CT molecular complexity index is 374. The number of hydrogen-bond donors (Lipinski definition) is 1. The molecule has 0 saturated carbocycles. The first-order chi connectivity index (χ1) is 9.04. The lowest BCUT2D eigenvalue weighted by molar-refractivity contribution is 0.103. The molecule has 0 aliphatic carbocycles. The van der Waals surface area contributed by atoms with Crippen LogP contribution in [0.4, 0.5) is 0 Å². The molecule has 0 aliphatic heterocycles. The summed E-state index contributed by atoms with van der Waals surface area (Å²) in [7, 11) is 0. The second kappa shape index (κ2) is 8.34. The molecule has 0 radical (unpaired) electrons. The number of nitrogens with one attached hydrogen (secondary N) is 1. The van der Waals surface area contributed by atoms with Gasteiger partial charge in [0.25, 0.3) is 0 Å². The van der Waals surface area contributed by atoms with E-state index in [0.29, 0.717) is 12.0 Å². The summed E-state index contributed by atoms with van der Waals surface area (Å²) in [6, 6.07) is 6.95. The van der Waals surface area contributed by atoms with E-state index in [9.17, 15) is 0 Å². The number of ether oxygens (including phenoxy) is 1. The summed E-state index contributed by atoms with van der Waals surface area (Å²) in [6.45, 7) is 13.5. The zero-order valence-electron chi connectivity index (χ0n) is 13.1. The first kappa shape index (κ1) is 16.2. The first-order valence-electron chi connectivity index (χ1n) is 7.42. The number of rotatable bonds is 8. The van der Waals surface area contributed by atoms with Crippen LogP contribution in [0.2, 0.25) is 0 Å². The van der Waals surface area contributed by atoms with Gasteiger partial charge in [0.05, 0.1) is 12.6 Å². The average molecular weight is 263 g/mol. The third kappa shape index (κ3) is 5.75. The van der Waals surface area contributed by atoms with Crippen LogP contribution in [0.3, 0.4) is 0 Å². The Morgan fingerprint density at radius 1 is 1.21 bits per heavy atom. The molecule has 0 amide bonds. The van der Waals surface area contributed by atoms with Gasteiger partial charge in [0, 0.05) is 6.61 Å². The maximum absolute atomic E-state index is 5.84. The average Bonchev–Trinajstić information content (AvgIpc) is 2.33. The molecule has 0 aliphatic rings. The maximum Gasteiger partial charge on any atom is 0.0661 e. The monoisotopic (exact) mass is 263 g/mol. The summed E-state index contributed by atoms with van der Waals surface area (Å²) in [6.07, 6.45) is 1.13. The molecular formula is C17H29NO. The number of benzene rings is 1. The molecule has 0 fully saturated rings. The van der Waals surface area contributed by atoms with E-state index in [1.54, 1.807) is 0 Å². The van der Waals surface area contributed by atoms with Crippen LogP contribution in [0.1, 0.15) is 49.9 Å². The largest absolute Gasteiger partial charge is 0.379 e. The molecule has 108 valence electrons. The van der Waals surface area contributed by atoms with Gasteiger partial charge in [-0.25, -0.2) is 0 Å². The van der Waals surface area contributed by atoms with E-state index in [-0.39, 0.29) is 0 Å². The van der Waals surface area contributed by atoms with Crippen molar-refractivity contribution in [2.45, 2.75) is 47.1 Å². The molecule has 0 bridgehead atoms. The molecule has 2 heteroatoms. The molecule has 19 heavy (non-hydrogen) atoms. The Hall–Kier alpha value is -0.860. The molecule has 0 aromatic heterocycles. The minimum atomic E-state index is 0.303. The van der Waals surface area contributed by atoms with Crippen LogP contribution in [-0.2, 0) is 4.74 Å². The Morgan fingerprint density at radius 2 is 1.95 bits per heavy atom. The second-order valence-electron chi connectivity index (χ2n) is 5.73. The maximum atomic E-state index is 5.84. The van der Waals surface area contributed by atoms with Crippen LogP contribution < -0.4 is 5.32 Å². The molecule has 1 aromatic carbocycles. The highest BCUT2D eigenvalue weighted by atomic mass is 16.5. The molecule has 0 saturated heterocycles. The van der Waals surface area contributed by atoms with Gasteiger partial charge in [-0.3, -0.25) is 0 Å². The van der Waals surface area contributed by atoms with Crippen LogP contribution >= 0.6 is 0 Å². The van der Waals surface area contributed by atoms with Crippen LogP contribution in [0.15, 0.2) is 18.2 Å². The summed E-state index contributed by atoms with van der Waals surface area (Å²) in [4.78, 5) is 0. The smallest absolute Gasteiger partial charge is 0.0661 e. The molecule has 1 N–H and O–H groups in total. The molecular weight excluding hydrogens is 234 g/mol. The molecule has 0 heterocycles. The standard InChI is InChI=1S/C17H29NO/c1-6-18-17(12-19-10-9-13(2)3)16-8-7-14(4)11-15(16)5/h7-8,11,13,17-18H,6,9-10,12H2,1-5H3. The summed E-state index contributed by atoms with van der Waals surface area (Å²) < 4.78 is 5.84. The number of likely N-dealkylation sites (N-methyl/N-ethyl adjacent to an activating group) is 1. The number of aryl methyl sites for hydroxylation is 2. The lowest BCUT2D eigenvalue weighted by Crippen LogP contribution is -2.26. The zero-order valence-corrected chi connectivity index (χ0v) is 13.1. The van der Waals surface area contributed by atoms with Gasteiger partial charge in [-0.1, -0.05) is 44.5 Å². The van der Waals surface area contributed by atoms with Crippen molar-refractivity contribution >= 4 is 0 Å².